The highest BCUT2D eigenvalue weighted by Gasteiger charge is 2.38. The number of carbonyl (C=O) groups is 2. The topological polar surface area (TPSA) is 64.7 Å². The molecule has 2 aliphatic rings. The molecule has 6 nitrogen and oxygen atoms in total. The van der Waals surface area contributed by atoms with Crippen molar-refractivity contribution < 1.29 is 9.59 Å². The normalized spacial score (nSPS) is 24.4. The number of carbonyl (C=O) groups excluding carboxylic acids is 2. The van der Waals surface area contributed by atoms with Gasteiger partial charge in [-0.25, -0.2) is 4.79 Å². The molecule has 6 heteroatoms. The fraction of sp³-hybridized carbons (Fsp3) is 0.579. The van der Waals surface area contributed by atoms with Gasteiger partial charge in [0.25, 0.3) is 0 Å². The molecule has 0 aromatic heterocycles. The molecule has 2 saturated heterocycles. The van der Waals surface area contributed by atoms with Crippen LogP contribution < -0.4 is 10.6 Å². The van der Waals surface area contributed by atoms with Gasteiger partial charge in [0.05, 0.1) is 6.54 Å². The number of nitrogens with one attached hydrogen (secondary N) is 2. The molecule has 2 aliphatic heterocycles. The third-order valence-corrected chi connectivity index (χ3v) is 5.33. The first-order chi connectivity index (χ1) is 12.2. The number of hydrogen-bond donors (Lipinski definition) is 2. The Morgan fingerprint density at radius 2 is 1.68 bits per heavy atom. The average Bonchev–Trinajstić information content (AvgIpc) is 3.24. The van der Waals surface area contributed by atoms with Crippen molar-refractivity contribution in [3.63, 3.8) is 0 Å². The summed E-state index contributed by atoms with van der Waals surface area (Å²) in [5.74, 6) is -0.223. The van der Waals surface area contributed by atoms with Gasteiger partial charge >= 0.3 is 6.03 Å². The van der Waals surface area contributed by atoms with Crippen molar-refractivity contribution in [2.45, 2.75) is 44.3 Å². The SMILES string of the molecule is CNC(=O)NC(=O)CN1CCC[C@H]1[C@H]1CCCN1Cc1ccccc1. The van der Waals surface area contributed by atoms with E-state index in [-0.39, 0.29) is 5.91 Å². The Morgan fingerprint density at radius 3 is 2.36 bits per heavy atom. The molecule has 0 radical (unpaired) electrons. The van der Waals surface area contributed by atoms with Crippen molar-refractivity contribution in [2.75, 3.05) is 26.7 Å². The van der Waals surface area contributed by atoms with E-state index in [0.717, 1.165) is 32.5 Å². The summed E-state index contributed by atoms with van der Waals surface area (Å²) in [6, 6.07) is 11.0. The number of benzene rings is 1. The Labute approximate surface area is 149 Å². The standard InChI is InChI=1S/C19H28N4O2/c1-20-19(25)21-18(24)14-23-12-6-10-17(23)16-9-5-11-22(16)13-15-7-3-2-4-8-15/h2-4,7-8,16-17H,5-6,9-14H2,1H3,(H2,20,21,24,25)/t16-,17+/m1/s1. The lowest BCUT2D eigenvalue weighted by Gasteiger charge is -2.34. The molecule has 0 spiro atoms. The molecule has 2 atom stereocenters. The molecule has 1 aromatic carbocycles. The molecule has 0 aliphatic carbocycles. The summed E-state index contributed by atoms with van der Waals surface area (Å²) >= 11 is 0. The average molecular weight is 344 g/mol. The van der Waals surface area contributed by atoms with Crippen LogP contribution >= 0.6 is 0 Å². The summed E-state index contributed by atoms with van der Waals surface area (Å²) < 4.78 is 0. The van der Waals surface area contributed by atoms with Crippen LogP contribution in [0.2, 0.25) is 0 Å². The van der Waals surface area contributed by atoms with E-state index in [4.69, 9.17) is 0 Å². The molecule has 1 aromatic rings. The molecule has 3 rings (SSSR count). The van der Waals surface area contributed by atoms with Gasteiger partial charge in [-0.3, -0.25) is 19.9 Å². The number of nitrogens with zero attached hydrogens (tertiary/aromatic N) is 2. The van der Waals surface area contributed by atoms with Crippen LogP contribution in [-0.4, -0.2) is 60.5 Å². The van der Waals surface area contributed by atoms with E-state index >= 15 is 0 Å². The van der Waals surface area contributed by atoms with Gasteiger partial charge in [-0.2, -0.15) is 0 Å². The summed E-state index contributed by atoms with van der Waals surface area (Å²) in [6.45, 7) is 3.32. The van der Waals surface area contributed by atoms with Gasteiger partial charge in [0, 0.05) is 25.7 Å². The van der Waals surface area contributed by atoms with Crippen LogP contribution in [0.25, 0.3) is 0 Å². The lowest BCUT2D eigenvalue weighted by atomic mass is 10.0. The zero-order chi connectivity index (χ0) is 17.6. The van der Waals surface area contributed by atoms with Crippen LogP contribution in [0, 0.1) is 0 Å². The Balaban J connectivity index is 1.60. The second-order valence-corrected chi connectivity index (χ2v) is 6.97. The summed E-state index contributed by atoms with van der Waals surface area (Å²) in [6.07, 6.45) is 4.65. The molecule has 0 saturated carbocycles. The van der Waals surface area contributed by atoms with Crippen molar-refractivity contribution >= 4 is 11.9 Å². The maximum absolute atomic E-state index is 12.1. The predicted octanol–water partition coefficient (Wildman–Crippen LogP) is 1.57. The summed E-state index contributed by atoms with van der Waals surface area (Å²) in [5, 5.41) is 4.80. The lowest BCUT2D eigenvalue weighted by molar-refractivity contribution is -0.121. The number of imide groups is 1. The third-order valence-electron chi connectivity index (χ3n) is 5.33. The minimum absolute atomic E-state index is 0.223. The van der Waals surface area contributed by atoms with Gasteiger partial charge < -0.3 is 5.32 Å². The van der Waals surface area contributed by atoms with Crippen molar-refractivity contribution in [3.05, 3.63) is 35.9 Å². The van der Waals surface area contributed by atoms with Crippen molar-refractivity contribution in [1.82, 2.24) is 20.4 Å². The Bertz CT molecular complexity index is 592. The Kier molecular flexibility index (Phi) is 6.04. The van der Waals surface area contributed by atoms with Crippen molar-refractivity contribution in [1.29, 1.82) is 0 Å². The fourth-order valence-corrected chi connectivity index (χ4v) is 4.20. The van der Waals surface area contributed by atoms with E-state index in [0.29, 0.717) is 18.6 Å². The number of likely N-dealkylation sites (tertiary alicyclic amines) is 2. The van der Waals surface area contributed by atoms with E-state index in [2.05, 4.69) is 50.8 Å². The Hall–Kier alpha value is -1.92. The summed E-state index contributed by atoms with van der Waals surface area (Å²) in [5.41, 5.74) is 1.34. The molecule has 25 heavy (non-hydrogen) atoms. The van der Waals surface area contributed by atoms with Crippen LogP contribution in [0.1, 0.15) is 31.2 Å². The first-order valence-electron chi connectivity index (χ1n) is 9.21. The molecule has 136 valence electrons. The maximum Gasteiger partial charge on any atom is 0.321 e. The van der Waals surface area contributed by atoms with Crippen molar-refractivity contribution in [2.24, 2.45) is 0 Å². The van der Waals surface area contributed by atoms with Gasteiger partial charge in [0.15, 0.2) is 0 Å². The third kappa shape index (κ3) is 4.58. The zero-order valence-electron chi connectivity index (χ0n) is 14.9. The monoisotopic (exact) mass is 344 g/mol. The van der Waals surface area contributed by atoms with Crippen LogP contribution in [-0.2, 0) is 11.3 Å². The molecule has 2 N–H and O–H groups in total. The fourth-order valence-electron chi connectivity index (χ4n) is 4.20. The first-order valence-corrected chi connectivity index (χ1v) is 9.21. The minimum Gasteiger partial charge on any atom is -0.341 e. The van der Waals surface area contributed by atoms with E-state index in [1.807, 2.05) is 0 Å². The van der Waals surface area contributed by atoms with E-state index < -0.39 is 6.03 Å². The van der Waals surface area contributed by atoms with Gasteiger partial charge in [0.2, 0.25) is 5.91 Å². The minimum atomic E-state index is -0.438. The van der Waals surface area contributed by atoms with E-state index in [9.17, 15) is 9.59 Å². The van der Waals surface area contributed by atoms with Gasteiger partial charge in [0.1, 0.15) is 0 Å². The maximum atomic E-state index is 12.1. The van der Waals surface area contributed by atoms with Crippen LogP contribution in [0.4, 0.5) is 4.79 Å². The second-order valence-electron chi connectivity index (χ2n) is 6.97. The van der Waals surface area contributed by atoms with Gasteiger partial charge in [-0.05, 0) is 44.3 Å². The van der Waals surface area contributed by atoms with Crippen LogP contribution in [0.15, 0.2) is 30.3 Å². The smallest absolute Gasteiger partial charge is 0.321 e. The van der Waals surface area contributed by atoms with E-state index in [1.165, 1.54) is 25.5 Å². The largest absolute Gasteiger partial charge is 0.341 e. The first kappa shape index (κ1) is 17.9. The summed E-state index contributed by atoms with van der Waals surface area (Å²) in [7, 11) is 1.52. The number of amides is 3. The molecular formula is C19H28N4O2. The number of urea groups is 1. The molecule has 3 amide bonds. The molecule has 2 heterocycles. The predicted molar refractivity (Wildman–Crippen MR) is 97.1 cm³/mol. The molecular weight excluding hydrogens is 316 g/mol. The molecule has 2 fully saturated rings. The van der Waals surface area contributed by atoms with Gasteiger partial charge in [-0.1, -0.05) is 30.3 Å². The number of hydrogen-bond acceptors (Lipinski definition) is 4. The molecule has 0 bridgehead atoms. The quantitative estimate of drug-likeness (QED) is 0.851. The molecule has 0 unspecified atom stereocenters. The van der Waals surface area contributed by atoms with Crippen LogP contribution in [0.5, 0.6) is 0 Å². The van der Waals surface area contributed by atoms with Gasteiger partial charge in [-0.15, -0.1) is 0 Å². The zero-order valence-corrected chi connectivity index (χ0v) is 14.9. The lowest BCUT2D eigenvalue weighted by Crippen LogP contribution is -2.50. The van der Waals surface area contributed by atoms with Crippen LogP contribution in [0.3, 0.4) is 0 Å². The summed E-state index contributed by atoms with van der Waals surface area (Å²) in [4.78, 5) is 28.2. The number of rotatable bonds is 5. The Morgan fingerprint density at radius 1 is 1.04 bits per heavy atom. The van der Waals surface area contributed by atoms with Crippen molar-refractivity contribution in [3.8, 4) is 0 Å². The van der Waals surface area contributed by atoms with E-state index in [1.54, 1.807) is 0 Å². The highest BCUT2D eigenvalue weighted by atomic mass is 16.2. The highest BCUT2D eigenvalue weighted by molar-refractivity contribution is 5.95. The highest BCUT2D eigenvalue weighted by Crippen LogP contribution is 2.30. The second kappa shape index (κ2) is 8.45.